The molecule has 2 aliphatic rings. The van der Waals surface area contributed by atoms with E-state index >= 15 is 0 Å². The molecule has 130 valence electrons. The molecule has 1 aliphatic heterocycles. The van der Waals surface area contributed by atoms with Gasteiger partial charge in [-0.2, -0.15) is 0 Å². The van der Waals surface area contributed by atoms with Gasteiger partial charge in [0.25, 0.3) is 0 Å². The van der Waals surface area contributed by atoms with Crippen molar-refractivity contribution in [2.24, 2.45) is 11.8 Å². The molecule has 0 radical (unpaired) electrons. The van der Waals surface area contributed by atoms with E-state index in [1.807, 2.05) is 0 Å². The third-order valence-electron chi connectivity index (χ3n) is 6.35. The van der Waals surface area contributed by atoms with Crippen molar-refractivity contribution < 1.29 is 0 Å². The van der Waals surface area contributed by atoms with Crippen molar-refractivity contribution in [3.63, 3.8) is 0 Å². The minimum Gasteiger partial charge on any atom is -0.301 e. The Labute approximate surface area is 139 Å². The van der Waals surface area contributed by atoms with Crippen LogP contribution in [0.2, 0.25) is 0 Å². The maximum Gasteiger partial charge on any atom is 0.0125 e. The van der Waals surface area contributed by atoms with Crippen LogP contribution in [0.1, 0.15) is 80.1 Å². The van der Waals surface area contributed by atoms with Gasteiger partial charge in [-0.15, -0.1) is 0 Å². The van der Waals surface area contributed by atoms with Crippen LogP contribution in [0.4, 0.5) is 0 Å². The summed E-state index contributed by atoms with van der Waals surface area (Å²) >= 11 is 0. The molecule has 2 fully saturated rings. The minimum absolute atomic E-state index is 0.705. The molecular weight excluding hydrogens is 268 g/mol. The van der Waals surface area contributed by atoms with Crippen LogP contribution in [-0.2, 0) is 0 Å². The van der Waals surface area contributed by atoms with E-state index in [-0.39, 0.29) is 0 Å². The molecule has 1 heterocycles. The molecule has 0 aromatic heterocycles. The van der Waals surface area contributed by atoms with Crippen molar-refractivity contribution >= 4 is 0 Å². The van der Waals surface area contributed by atoms with Crippen molar-refractivity contribution in [3.05, 3.63) is 0 Å². The van der Waals surface area contributed by atoms with E-state index < -0.39 is 0 Å². The van der Waals surface area contributed by atoms with Gasteiger partial charge in [-0.25, -0.2) is 0 Å². The highest BCUT2D eigenvalue weighted by Crippen LogP contribution is 2.35. The highest BCUT2D eigenvalue weighted by molar-refractivity contribution is 4.89. The second-order valence-corrected chi connectivity index (χ2v) is 8.71. The third kappa shape index (κ3) is 4.47. The van der Waals surface area contributed by atoms with Gasteiger partial charge in [0.15, 0.2) is 0 Å². The molecule has 0 unspecified atom stereocenters. The van der Waals surface area contributed by atoms with Gasteiger partial charge < -0.3 is 4.90 Å². The van der Waals surface area contributed by atoms with E-state index in [9.17, 15) is 0 Å². The van der Waals surface area contributed by atoms with Crippen molar-refractivity contribution in [2.45, 2.75) is 104 Å². The Morgan fingerprint density at radius 1 is 0.727 bits per heavy atom. The second-order valence-electron chi connectivity index (χ2n) is 8.71. The van der Waals surface area contributed by atoms with Crippen LogP contribution in [0.5, 0.6) is 0 Å². The molecule has 0 spiro atoms. The maximum atomic E-state index is 2.91. The predicted octanol–water partition coefficient (Wildman–Crippen LogP) is 4.78. The molecule has 0 aromatic rings. The summed E-state index contributed by atoms with van der Waals surface area (Å²) in [5.41, 5.74) is 0. The highest BCUT2D eigenvalue weighted by atomic mass is 15.2. The van der Waals surface area contributed by atoms with E-state index in [1.165, 1.54) is 51.6 Å². The lowest BCUT2D eigenvalue weighted by Crippen LogP contribution is -2.53. The number of rotatable bonds is 5. The number of hydrogen-bond acceptors (Lipinski definition) is 2. The lowest BCUT2D eigenvalue weighted by molar-refractivity contribution is 0.0178. The fraction of sp³-hybridized carbons (Fsp3) is 1.00. The van der Waals surface area contributed by atoms with E-state index in [4.69, 9.17) is 0 Å². The molecule has 2 nitrogen and oxygen atoms in total. The summed E-state index contributed by atoms with van der Waals surface area (Å²) in [7, 11) is 0. The van der Waals surface area contributed by atoms with Crippen molar-refractivity contribution in [1.82, 2.24) is 9.80 Å². The number of nitrogens with zero attached hydrogens (tertiary/aromatic N) is 2. The lowest BCUT2D eigenvalue weighted by Gasteiger charge is -2.47. The van der Waals surface area contributed by atoms with Crippen LogP contribution in [0.15, 0.2) is 0 Å². The van der Waals surface area contributed by atoms with Gasteiger partial charge in [-0.1, -0.05) is 13.8 Å². The molecule has 0 N–H and O–H groups in total. The summed E-state index contributed by atoms with van der Waals surface area (Å²) in [5.74, 6) is 1.86. The van der Waals surface area contributed by atoms with Crippen LogP contribution in [0.25, 0.3) is 0 Å². The molecular formula is C20H40N2. The average molecular weight is 309 g/mol. The van der Waals surface area contributed by atoms with Gasteiger partial charge in [0.1, 0.15) is 0 Å². The molecule has 1 saturated heterocycles. The highest BCUT2D eigenvalue weighted by Gasteiger charge is 2.34. The van der Waals surface area contributed by atoms with Gasteiger partial charge in [0, 0.05) is 24.2 Å². The Kier molecular flexibility index (Phi) is 6.76. The first-order valence-electron chi connectivity index (χ1n) is 9.91. The maximum absolute atomic E-state index is 2.91. The Hall–Kier alpha value is -0.0800. The van der Waals surface area contributed by atoms with Crippen molar-refractivity contribution in [2.75, 3.05) is 13.1 Å². The van der Waals surface area contributed by atoms with E-state index in [0.717, 1.165) is 30.0 Å². The Morgan fingerprint density at radius 3 is 1.64 bits per heavy atom. The van der Waals surface area contributed by atoms with Crippen LogP contribution in [0.3, 0.4) is 0 Å². The normalized spacial score (nSPS) is 29.2. The van der Waals surface area contributed by atoms with Crippen molar-refractivity contribution in [3.8, 4) is 0 Å². The van der Waals surface area contributed by atoms with Gasteiger partial charge in [-0.05, 0) is 91.1 Å². The third-order valence-corrected chi connectivity index (χ3v) is 6.35. The molecule has 2 rings (SSSR count). The minimum atomic E-state index is 0.705. The SMILES string of the molecule is CC(C)C1CCC(N(C(C)C)C2CCN(C(C)C)CC2)CC1. The number of hydrogen-bond donors (Lipinski definition) is 0. The fourth-order valence-corrected chi connectivity index (χ4v) is 4.91. The van der Waals surface area contributed by atoms with Crippen LogP contribution in [-0.4, -0.2) is 47.1 Å². The second kappa shape index (κ2) is 8.15. The first-order valence-corrected chi connectivity index (χ1v) is 9.91. The lowest BCUT2D eigenvalue weighted by atomic mass is 9.78. The van der Waals surface area contributed by atoms with Gasteiger partial charge in [0.2, 0.25) is 0 Å². The van der Waals surface area contributed by atoms with Crippen molar-refractivity contribution in [1.29, 1.82) is 0 Å². The van der Waals surface area contributed by atoms with Crippen LogP contribution < -0.4 is 0 Å². The first kappa shape index (κ1) is 18.3. The van der Waals surface area contributed by atoms with Gasteiger partial charge >= 0.3 is 0 Å². The van der Waals surface area contributed by atoms with E-state index in [2.05, 4.69) is 51.3 Å². The standard InChI is InChI=1S/C20H40N2/c1-15(2)18-7-9-19(10-8-18)22(17(5)6)20-11-13-21(14-12-20)16(3)4/h15-20H,7-14H2,1-6H3. The zero-order valence-corrected chi connectivity index (χ0v) is 16.0. The Balaban J connectivity index is 1.91. The van der Waals surface area contributed by atoms with Crippen LogP contribution >= 0.6 is 0 Å². The molecule has 0 amide bonds. The van der Waals surface area contributed by atoms with Crippen LogP contribution in [0, 0.1) is 11.8 Å². The summed E-state index contributed by atoms with van der Waals surface area (Å²) in [6.45, 7) is 16.9. The summed E-state index contributed by atoms with van der Waals surface area (Å²) in [5, 5.41) is 0. The summed E-state index contributed by atoms with van der Waals surface area (Å²) in [4.78, 5) is 5.57. The molecule has 22 heavy (non-hydrogen) atoms. The quantitative estimate of drug-likeness (QED) is 0.721. The largest absolute Gasteiger partial charge is 0.301 e. The zero-order valence-electron chi connectivity index (χ0n) is 16.0. The smallest absolute Gasteiger partial charge is 0.0125 e. The first-order chi connectivity index (χ1) is 10.4. The molecule has 0 aromatic carbocycles. The fourth-order valence-electron chi connectivity index (χ4n) is 4.91. The topological polar surface area (TPSA) is 6.48 Å². The average Bonchev–Trinajstić information content (AvgIpc) is 2.48. The molecule has 2 heteroatoms. The predicted molar refractivity (Wildman–Crippen MR) is 97.3 cm³/mol. The molecule has 1 aliphatic carbocycles. The Bertz CT molecular complexity index is 280. The van der Waals surface area contributed by atoms with E-state index in [1.54, 1.807) is 0 Å². The van der Waals surface area contributed by atoms with Gasteiger partial charge in [-0.3, -0.25) is 4.90 Å². The molecule has 1 saturated carbocycles. The Morgan fingerprint density at radius 2 is 1.23 bits per heavy atom. The zero-order chi connectivity index (χ0) is 16.3. The monoisotopic (exact) mass is 308 g/mol. The van der Waals surface area contributed by atoms with Gasteiger partial charge in [0.05, 0.1) is 0 Å². The molecule has 0 atom stereocenters. The number of piperidine rings is 1. The number of likely N-dealkylation sites (tertiary alicyclic amines) is 1. The summed E-state index contributed by atoms with van der Waals surface area (Å²) in [6.07, 6.45) is 8.53. The summed E-state index contributed by atoms with van der Waals surface area (Å²) < 4.78 is 0. The summed E-state index contributed by atoms with van der Waals surface area (Å²) in [6, 6.07) is 3.10. The van der Waals surface area contributed by atoms with E-state index in [0.29, 0.717) is 6.04 Å². The molecule has 0 bridgehead atoms.